The molecule has 0 radical (unpaired) electrons. The number of para-hydroxylation sites is 1. The molecule has 1 heterocycles. The molecule has 0 aromatic heterocycles. The van der Waals surface area contributed by atoms with Gasteiger partial charge in [0.15, 0.2) is 0 Å². The summed E-state index contributed by atoms with van der Waals surface area (Å²) in [7, 11) is 1.61. The fourth-order valence-corrected chi connectivity index (χ4v) is 3.53. The van der Waals surface area contributed by atoms with E-state index in [2.05, 4.69) is 20.4 Å². The molecule has 2 aromatic carbocycles. The summed E-state index contributed by atoms with van der Waals surface area (Å²) < 4.78 is 5.13. The Hall–Kier alpha value is -2.61. The summed E-state index contributed by atoms with van der Waals surface area (Å²) in [5.74, 6) is 0.600. The zero-order chi connectivity index (χ0) is 21.5. The van der Waals surface area contributed by atoms with Crippen LogP contribution in [0.4, 0.5) is 11.4 Å². The third-order valence-electron chi connectivity index (χ3n) is 5.21. The van der Waals surface area contributed by atoms with E-state index in [0.717, 1.165) is 37.6 Å². The van der Waals surface area contributed by atoms with Gasteiger partial charge in [0.1, 0.15) is 5.75 Å². The van der Waals surface area contributed by atoms with Crippen LogP contribution < -0.4 is 15.4 Å². The number of ether oxygens (including phenoxy) is 1. The maximum Gasteiger partial charge on any atom is 0.241 e. The van der Waals surface area contributed by atoms with Crippen molar-refractivity contribution in [3.8, 4) is 5.75 Å². The topological polar surface area (TPSA) is 73.9 Å². The molecule has 2 aromatic rings. The second kappa shape index (κ2) is 10.4. The second-order valence-electron chi connectivity index (χ2n) is 7.23. The van der Waals surface area contributed by atoms with Crippen LogP contribution in [0.3, 0.4) is 0 Å². The molecular formula is C22H27ClN4O3. The summed E-state index contributed by atoms with van der Waals surface area (Å²) in [5.41, 5.74) is 1.36. The summed E-state index contributed by atoms with van der Waals surface area (Å²) in [6.45, 7) is 5.07. The second-order valence-corrected chi connectivity index (χ2v) is 7.64. The molecule has 0 aliphatic carbocycles. The van der Waals surface area contributed by atoms with Gasteiger partial charge < -0.3 is 15.4 Å². The number of hydrogen-bond donors (Lipinski definition) is 2. The Bertz CT molecular complexity index is 867. The van der Waals surface area contributed by atoms with Gasteiger partial charge >= 0.3 is 0 Å². The molecule has 8 heteroatoms. The van der Waals surface area contributed by atoms with Crippen molar-refractivity contribution in [1.82, 2.24) is 9.80 Å². The molecule has 1 saturated heterocycles. The van der Waals surface area contributed by atoms with Crippen molar-refractivity contribution >= 4 is 34.8 Å². The zero-order valence-corrected chi connectivity index (χ0v) is 18.0. The van der Waals surface area contributed by atoms with E-state index in [9.17, 15) is 9.59 Å². The van der Waals surface area contributed by atoms with Crippen molar-refractivity contribution < 1.29 is 14.3 Å². The lowest BCUT2D eigenvalue weighted by atomic mass is 10.2. The van der Waals surface area contributed by atoms with Crippen LogP contribution in [0.2, 0.25) is 5.02 Å². The number of halogens is 1. The number of benzene rings is 2. The van der Waals surface area contributed by atoms with Crippen molar-refractivity contribution in [3.63, 3.8) is 0 Å². The minimum absolute atomic E-state index is 0.0509. The first-order valence-corrected chi connectivity index (χ1v) is 10.3. The Morgan fingerprint density at radius 1 is 1.03 bits per heavy atom. The molecule has 1 aliphatic heterocycles. The number of methoxy groups -OCH3 is 1. The molecule has 1 atom stereocenters. The Labute approximate surface area is 181 Å². The van der Waals surface area contributed by atoms with Gasteiger partial charge in [0, 0.05) is 31.9 Å². The van der Waals surface area contributed by atoms with Gasteiger partial charge in [0.05, 0.1) is 30.4 Å². The maximum atomic E-state index is 12.6. The number of nitrogens with one attached hydrogen (secondary N) is 2. The molecule has 160 valence electrons. The van der Waals surface area contributed by atoms with Crippen LogP contribution in [0, 0.1) is 0 Å². The first kappa shape index (κ1) is 22.1. The van der Waals surface area contributed by atoms with E-state index in [1.165, 1.54) is 0 Å². The lowest BCUT2D eigenvalue weighted by molar-refractivity contribution is -0.122. The Morgan fingerprint density at radius 3 is 2.33 bits per heavy atom. The molecular weight excluding hydrogens is 404 g/mol. The molecule has 30 heavy (non-hydrogen) atoms. The molecule has 0 bridgehead atoms. The molecule has 0 saturated carbocycles. The van der Waals surface area contributed by atoms with Crippen LogP contribution >= 0.6 is 11.6 Å². The SMILES string of the molecule is COc1ccc(NC(=O)C(C)N2CCN(CC(=O)Nc3ccccc3Cl)CC2)cc1. The van der Waals surface area contributed by atoms with Gasteiger partial charge in [0.2, 0.25) is 11.8 Å². The summed E-state index contributed by atoms with van der Waals surface area (Å²) in [6, 6.07) is 14.2. The predicted octanol–water partition coefficient (Wildman–Crippen LogP) is 2.93. The fourth-order valence-electron chi connectivity index (χ4n) is 3.35. The number of piperazine rings is 1. The van der Waals surface area contributed by atoms with Crippen LogP contribution in [-0.2, 0) is 9.59 Å². The average Bonchev–Trinajstić information content (AvgIpc) is 2.76. The van der Waals surface area contributed by atoms with Crippen molar-refractivity contribution in [2.24, 2.45) is 0 Å². The highest BCUT2D eigenvalue weighted by molar-refractivity contribution is 6.33. The molecule has 3 rings (SSSR count). The van der Waals surface area contributed by atoms with Crippen LogP contribution in [0.15, 0.2) is 48.5 Å². The van der Waals surface area contributed by atoms with Crippen molar-refractivity contribution in [2.45, 2.75) is 13.0 Å². The van der Waals surface area contributed by atoms with Crippen LogP contribution in [0.1, 0.15) is 6.92 Å². The quantitative estimate of drug-likeness (QED) is 0.706. The van der Waals surface area contributed by atoms with E-state index >= 15 is 0 Å². The molecule has 1 unspecified atom stereocenters. The van der Waals surface area contributed by atoms with E-state index in [1.54, 1.807) is 19.2 Å². The highest BCUT2D eigenvalue weighted by Gasteiger charge is 2.26. The largest absolute Gasteiger partial charge is 0.497 e. The fraction of sp³-hybridized carbons (Fsp3) is 0.364. The zero-order valence-electron chi connectivity index (χ0n) is 17.2. The lowest BCUT2D eigenvalue weighted by Gasteiger charge is -2.37. The molecule has 1 aliphatic rings. The summed E-state index contributed by atoms with van der Waals surface area (Å²) in [6.07, 6.45) is 0. The predicted molar refractivity (Wildman–Crippen MR) is 119 cm³/mol. The third-order valence-corrected chi connectivity index (χ3v) is 5.54. The number of rotatable bonds is 7. The highest BCUT2D eigenvalue weighted by Crippen LogP contribution is 2.20. The number of anilines is 2. The maximum absolute atomic E-state index is 12.6. The van der Waals surface area contributed by atoms with E-state index < -0.39 is 0 Å². The van der Waals surface area contributed by atoms with Crippen LogP contribution in [-0.4, -0.2) is 67.5 Å². The van der Waals surface area contributed by atoms with E-state index in [4.69, 9.17) is 16.3 Å². The van der Waals surface area contributed by atoms with Crippen molar-refractivity contribution in [1.29, 1.82) is 0 Å². The number of carbonyl (C=O) groups is 2. The smallest absolute Gasteiger partial charge is 0.241 e. The van der Waals surface area contributed by atoms with Crippen LogP contribution in [0.25, 0.3) is 0 Å². The minimum atomic E-state index is -0.258. The summed E-state index contributed by atoms with van der Waals surface area (Å²) >= 11 is 6.09. The first-order chi connectivity index (χ1) is 14.5. The summed E-state index contributed by atoms with van der Waals surface area (Å²) in [4.78, 5) is 29.1. The Morgan fingerprint density at radius 2 is 1.70 bits per heavy atom. The van der Waals surface area contributed by atoms with Gasteiger partial charge in [-0.25, -0.2) is 0 Å². The number of nitrogens with zero attached hydrogens (tertiary/aromatic N) is 2. The van der Waals surface area contributed by atoms with Gasteiger partial charge in [-0.3, -0.25) is 19.4 Å². The Kier molecular flexibility index (Phi) is 7.68. The highest BCUT2D eigenvalue weighted by atomic mass is 35.5. The molecule has 2 N–H and O–H groups in total. The monoisotopic (exact) mass is 430 g/mol. The first-order valence-electron chi connectivity index (χ1n) is 9.92. The van der Waals surface area contributed by atoms with Gasteiger partial charge in [-0.15, -0.1) is 0 Å². The Balaban J connectivity index is 1.44. The normalized spacial score (nSPS) is 16.0. The molecule has 0 spiro atoms. The minimum Gasteiger partial charge on any atom is -0.497 e. The standard InChI is InChI=1S/C22H27ClN4O3/c1-16(22(29)24-17-7-9-18(30-2)10-8-17)27-13-11-26(12-14-27)15-21(28)25-20-6-4-3-5-19(20)23/h3-10,16H,11-15H2,1-2H3,(H,24,29)(H,25,28). The van der Waals surface area contributed by atoms with E-state index in [-0.39, 0.29) is 17.9 Å². The lowest BCUT2D eigenvalue weighted by Crippen LogP contribution is -2.53. The van der Waals surface area contributed by atoms with Gasteiger partial charge in [-0.05, 0) is 43.3 Å². The summed E-state index contributed by atoms with van der Waals surface area (Å²) in [5, 5.41) is 6.31. The van der Waals surface area contributed by atoms with Gasteiger partial charge in [0.25, 0.3) is 0 Å². The molecule has 7 nitrogen and oxygen atoms in total. The average molecular weight is 431 g/mol. The van der Waals surface area contributed by atoms with Crippen molar-refractivity contribution in [3.05, 3.63) is 53.6 Å². The van der Waals surface area contributed by atoms with E-state index in [1.807, 2.05) is 43.3 Å². The third kappa shape index (κ3) is 5.95. The molecule has 1 fully saturated rings. The van der Waals surface area contributed by atoms with E-state index in [0.29, 0.717) is 17.3 Å². The van der Waals surface area contributed by atoms with Crippen LogP contribution in [0.5, 0.6) is 5.75 Å². The van der Waals surface area contributed by atoms with Gasteiger partial charge in [-0.1, -0.05) is 23.7 Å². The van der Waals surface area contributed by atoms with Gasteiger partial charge in [-0.2, -0.15) is 0 Å². The number of hydrogen-bond acceptors (Lipinski definition) is 5. The molecule has 2 amide bonds. The van der Waals surface area contributed by atoms with Crippen molar-refractivity contribution in [2.75, 3.05) is 50.5 Å². The number of amides is 2. The number of carbonyl (C=O) groups excluding carboxylic acids is 2.